The molecule has 0 amide bonds. The number of hydrogen-bond donors (Lipinski definition) is 1. The molecule has 3 nitrogen and oxygen atoms in total. The summed E-state index contributed by atoms with van der Waals surface area (Å²) < 4.78 is 4.76. The minimum Gasteiger partial charge on any atom is -0.466 e. The summed E-state index contributed by atoms with van der Waals surface area (Å²) in [5.41, 5.74) is 2.06. The van der Waals surface area contributed by atoms with E-state index in [4.69, 9.17) is 4.74 Å². The second-order valence-electron chi connectivity index (χ2n) is 8.67. The van der Waals surface area contributed by atoms with Crippen LogP contribution in [0.15, 0.2) is 11.6 Å². The van der Waals surface area contributed by atoms with Gasteiger partial charge in [0.15, 0.2) is 0 Å². The predicted octanol–water partition coefficient (Wildman–Crippen LogP) is 3.44. The van der Waals surface area contributed by atoms with Crippen LogP contribution in [0.1, 0.15) is 59.3 Å². The number of hydrogen-bond acceptors (Lipinski definition) is 3. The van der Waals surface area contributed by atoms with E-state index in [2.05, 4.69) is 19.2 Å². The van der Waals surface area contributed by atoms with Crippen LogP contribution in [0.5, 0.6) is 0 Å². The molecule has 0 radical (unpaired) electrons. The Morgan fingerprint density at radius 2 is 1.81 bits per heavy atom. The number of rotatable bonds is 4. The Hall–Kier alpha value is -0.830. The third-order valence-corrected chi connectivity index (χ3v) is 6.02. The molecule has 3 heteroatoms. The highest BCUT2D eigenvalue weighted by atomic mass is 16.5. The van der Waals surface area contributed by atoms with Gasteiger partial charge in [0.2, 0.25) is 0 Å². The van der Waals surface area contributed by atoms with Crippen molar-refractivity contribution < 1.29 is 9.53 Å². The van der Waals surface area contributed by atoms with E-state index in [0.29, 0.717) is 21.9 Å². The van der Waals surface area contributed by atoms with Crippen LogP contribution in [0.2, 0.25) is 0 Å². The smallest absolute Gasteiger partial charge is 0.333 e. The van der Waals surface area contributed by atoms with Gasteiger partial charge in [-0.25, -0.2) is 4.79 Å². The zero-order chi connectivity index (χ0) is 15.3. The lowest BCUT2D eigenvalue weighted by Crippen LogP contribution is -2.64. The summed E-state index contributed by atoms with van der Waals surface area (Å²) in [5.74, 6) is 0.677. The van der Waals surface area contributed by atoms with E-state index < -0.39 is 0 Å². The third-order valence-electron chi connectivity index (χ3n) is 6.02. The molecule has 0 heterocycles. The average Bonchev–Trinajstić information content (AvgIpc) is 2.32. The van der Waals surface area contributed by atoms with Crippen molar-refractivity contribution in [2.45, 2.75) is 64.8 Å². The van der Waals surface area contributed by atoms with Crippen LogP contribution in [0.3, 0.4) is 0 Å². The predicted molar refractivity (Wildman–Crippen MR) is 83.9 cm³/mol. The Labute approximate surface area is 128 Å². The van der Waals surface area contributed by atoms with E-state index in [1.807, 2.05) is 13.0 Å². The molecular weight excluding hydrogens is 262 g/mol. The topological polar surface area (TPSA) is 38.3 Å². The molecule has 0 aliphatic heterocycles. The van der Waals surface area contributed by atoms with E-state index in [1.165, 1.54) is 45.6 Å². The highest BCUT2D eigenvalue weighted by Crippen LogP contribution is 2.66. The normalized spacial score (nSPS) is 45.0. The minimum atomic E-state index is -0.221. The molecule has 4 aliphatic carbocycles. The summed E-state index contributed by atoms with van der Waals surface area (Å²) in [6.07, 6.45) is 10.1. The molecule has 4 fully saturated rings. The molecule has 118 valence electrons. The van der Waals surface area contributed by atoms with Crippen LogP contribution in [-0.2, 0) is 9.53 Å². The van der Waals surface area contributed by atoms with E-state index in [1.54, 1.807) is 0 Å². The first-order chi connectivity index (χ1) is 9.77. The number of methoxy groups -OCH3 is 1. The van der Waals surface area contributed by atoms with E-state index >= 15 is 0 Å². The Morgan fingerprint density at radius 3 is 2.33 bits per heavy atom. The van der Waals surface area contributed by atoms with Crippen LogP contribution in [0.25, 0.3) is 0 Å². The summed E-state index contributed by atoms with van der Waals surface area (Å²) >= 11 is 0. The molecule has 0 aromatic carbocycles. The van der Waals surface area contributed by atoms with Crippen molar-refractivity contribution in [1.82, 2.24) is 5.32 Å². The molecule has 0 aromatic heterocycles. The van der Waals surface area contributed by atoms with Crippen LogP contribution < -0.4 is 5.32 Å². The Morgan fingerprint density at radius 1 is 1.19 bits per heavy atom. The maximum absolute atomic E-state index is 11.4. The minimum absolute atomic E-state index is 0.221. The lowest BCUT2D eigenvalue weighted by molar-refractivity contribution is -0.136. The largest absolute Gasteiger partial charge is 0.466 e. The zero-order valence-corrected chi connectivity index (χ0v) is 13.9. The van der Waals surface area contributed by atoms with Crippen molar-refractivity contribution in [1.29, 1.82) is 0 Å². The molecule has 1 N–H and O–H groups in total. The van der Waals surface area contributed by atoms with Gasteiger partial charge in [0.1, 0.15) is 0 Å². The van der Waals surface area contributed by atoms with Crippen molar-refractivity contribution in [2.75, 3.05) is 13.7 Å². The van der Waals surface area contributed by atoms with Gasteiger partial charge in [-0.1, -0.05) is 19.9 Å². The number of carbonyl (C=O) groups excluding carboxylic acids is 1. The first kappa shape index (κ1) is 15.1. The van der Waals surface area contributed by atoms with Crippen molar-refractivity contribution in [3.05, 3.63) is 11.6 Å². The molecule has 4 saturated carbocycles. The van der Waals surface area contributed by atoms with Gasteiger partial charge in [-0.05, 0) is 62.2 Å². The van der Waals surface area contributed by atoms with E-state index in [0.717, 1.165) is 12.5 Å². The fraction of sp³-hybridized carbons (Fsp3) is 0.833. The summed E-state index contributed by atoms with van der Waals surface area (Å²) in [5, 5.41) is 3.80. The van der Waals surface area contributed by atoms with E-state index in [-0.39, 0.29) is 5.97 Å². The average molecular weight is 291 g/mol. The summed E-state index contributed by atoms with van der Waals surface area (Å²) in [6.45, 7) is 7.58. The highest BCUT2D eigenvalue weighted by Gasteiger charge is 2.59. The van der Waals surface area contributed by atoms with Crippen molar-refractivity contribution >= 4 is 5.97 Å². The molecule has 2 atom stereocenters. The third kappa shape index (κ3) is 2.77. The molecule has 0 spiro atoms. The summed E-state index contributed by atoms with van der Waals surface area (Å²) in [7, 11) is 1.44. The van der Waals surface area contributed by atoms with Gasteiger partial charge < -0.3 is 10.1 Å². The molecular formula is C18H29NO2. The second-order valence-corrected chi connectivity index (χ2v) is 8.67. The first-order valence-electron chi connectivity index (χ1n) is 8.27. The fourth-order valence-electron chi connectivity index (χ4n) is 6.31. The Balaban J connectivity index is 1.69. The van der Waals surface area contributed by atoms with Gasteiger partial charge in [-0.15, -0.1) is 0 Å². The molecule has 0 saturated heterocycles. The highest BCUT2D eigenvalue weighted by molar-refractivity contribution is 5.87. The first-order valence-corrected chi connectivity index (χ1v) is 8.27. The van der Waals surface area contributed by atoms with Gasteiger partial charge in [0.05, 0.1) is 7.11 Å². The van der Waals surface area contributed by atoms with Gasteiger partial charge in [0, 0.05) is 17.7 Å². The Kier molecular flexibility index (Phi) is 3.47. The van der Waals surface area contributed by atoms with Crippen LogP contribution >= 0.6 is 0 Å². The summed E-state index contributed by atoms with van der Waals surface area (Å²) in [4.78, 5) is 11.4. The maximum Gasteiger partial charge on any atom is 0.333 e. The molecule has 2 unspecified atom stereocenters. The lowest BCUT2D eigenvalue weighted by atomic mass is 9.43. The number of esters is 1. The molecule has 0 aromatic rings. The monoisotopic (exact) mass is 291 g/mol. The second kappa shape index (κ2) is 4.84. The van der Waals surface area contributed by atoms with E-state index in [9.17, 15) is 4.79 Å². The molecule has 21 heavy (non-hydrogen) atoms. The SMILES string of the molecule is COC(=O)C(C)=CCNC12CC3CC(C)(CC(C)(C3)C1)C2. The van der Waals surface area contributed by atoms with Gasteiger partial charge in [0.25, 0.3) is 0 Å². The maximum atomic E-state index is 11.4. The van der Waals surface area contributed by atoms with Gasteiger partial charge >= 0.3 is 5.97 Å². The fourth-order valence-corrected chi connectivity index (χ4v) is 6.31. The quantitative estimate of drug-likeness (QED) is 0.637. The summed E-state index contributed by atoms with van der Waals surface area (Å²) in [6, 6.07) is 0. The van der Waals surface area contributed by atoms with Crippen LogP contribution in [-0.4, -0.2) is 25.2 Å². The molecule has 4 rings (SSSR count). The number of nitrogens with one attached hydrogen (secondary N) is 1. The van der Waals surface area contributed by atoms with Gasteiger partial charge in [-0.3, -0.25) is 0 Å². The van der Waals surface area contributed by atoms with Crippen LogP contribution in [0, 0.1) is 16.7 Å². The number of ether oxygens (including phenoxy) is 1. The molecule has 4 bridgehead atoms. The van der Waals surface area contributed by atoms with Gasteiger partial charge in [-0.2, -0.15) is 0 Å². The van der Waals surface area contributed by atoms with Crippen molar-refractivity contribution in [3.8, 4) is 0 Å². The lowest BCUT2D eigenvalue weighted by Gasteiger charge is -2.65. The van der Waals surface area contributed by atoms with Crippen LogP contribution in [0.4, 0.5) is 0 Å². The Bertz CT molecular complexity index is 464. The zero-order valence-electron chi connectivity index (χ0n) is 13.9. The number of carbonyl (C=O) groups is 1. The molecule has 4 aliphatic rings. The standard InChI is InChI=1S/C18H29NO2/c1-13(15(20)21-4)5-6-19-18-9-14-7-16(2,11-18)10-17(3,8-14)12-18/h5,14,19H,6-12H2,1-4H3. The van der Waals surface area contributed by atoms with Crippen molar-refractivity contribution in [3.63, 3.8) is 0 Å². The van der Waals surface area contributed by atoms with Crippen molar-refractivity contribution in [2.24, 2.45) is 16.7 Å².